The highest BCUT2D eigenvalue weighted by molar-refractivity contribution is 6.25. The fraction of sp³-hybridized carbons (Fsp3) is 0. The molecule has 0 unspecified atom stereocenters. The van der Waals surface area contributed by atoms with E-state index in [-0.39, 0.29) is 0 Å². The lowest BCUT2D eigenvalue weighted by Crippen LogP contribution is -1.95. The number of fused-ring (bicyclic) bond motifs is 11. The van der Waals surface area contributed by atoms with Crippen LogP contribution >= 0.6 is 0 Å². The lowest BCUT2D eigenvalue weighted by atomic mass is 9.94. The maximum absolute atomic E-state index is 6.45. The molecule has 3 heterocycles. The Bertz CT molecular complexity index is 3470. The molecule has 0 aliphatic heterocycles. The Morgan fingerprint density at radius 1 is 0.327 bits per heavy atom. The largest absolute Gasteiger partial charge is 0.456 e. The Labute approximate surface area is 316 Å². The second kappa shape index (κ2) is 11.6. The van der Waals surface area contributed by atoms with E-state index >= 15 is 0 Å². The summed E-state index contributed by atoms with van der Waals surface area (Å²) in [6.45, 7) is 0. The van der Waals surface area contributed by atoms with Crippen molar-refractivity contribution in [1.82, 2.24) is 9.13 Å². The van der Waals surface area contributed by atoms with Gasteiger partial charge in [-0.15, -0.1) is 0 Å². The molecule has 0 amide bonds. The minimum Gasteiger partial charge on any atom is -0.456 e. The molecule has 12 rings (SSSR count). The third-order valence-electron chi connectivity index (χ3n) is 11.5. The van der Waals surface area contributed by atoms with Gasteiger partial charge in [0.2, 0.25) is 0 Å². The number of hydrogen-bond acceptors (Lipinski definition) is 1. The van der Waals surface area contributed by atoms with Gasteiger partial charge >= 0.3 is 0 Å². The summed E-state index contributed by atoms with van der Waals surface area (Å²) in [6.07, 6.45) is 0. The Morgan fingerprint density at radius 2 is 0.945 bits per heavy atom. The zero-order chi connectivity index (χ0) is 36.0. The zero-order valence-corrected chi connectivity index (χ0v) is 29.8. The topological polar surface area (TPSA) is 23.0 Å². The van der Waals surface area contributed by atoms with Crippen LogP contribution in [0, 0.1) is 0 Å². The smallest absolute Gasteiger partial charge is 0.137 e. The Morgan fingerprint density at radius 3 is 1.76 bits per heavy atom. The summed E-state index contributed by atoms with van der Waals surface area (Å²) in [7, 11) is 0. The molecule has 0 aliphatic carbocycles. The van der Waals surface area contributed by atoms with E-state index in [2.05, 4.69) is 191 Å². The first kappa shape index (κ1) is 30.1. The highest BCUT2D eigenvalue weighted by Gasteiger charge is 2.21. The minimum atomic E-state index is 0.886. The molecule has 12 aromatic rings. The van der Waals surface area contributed by atoms with Crippen LogP contribution in [0.2, 0.25) is 0 Å². The van der Waals surface area contributed by atoms with Gasteiger partial charge in [-0.1, -0.05) is 121 Å². The number of rotatable bonds is 4. The molecule has 9 aromatic carbocycles. The summed E-state index contributed by atoms with van der Waals surface area (Å²) in [5.41, 5.74) is 13.6. The van der Waals surface area contributed by atoms with Crippen LogP contribution in [-0.4, -0.2) is 9.13 Å². The van der Waals surface area contributed by atoms with Crippen molar-refractivity contribution in [3.8, 4) is 33.6 Å². The van der Waals surface area contributed by atoms with Crippen LogP contribution in [0.15, 0.2) is 199 Å². The maximum atomic E-state index is 6.45. The van der Waals surface area contributed by atoms with Gasteiger partial charge in [0.15, 0.2) is 0 Å². The van der Waals surface area contributed by atoms with Gasteiger partial charge < -0.3 is 13.6 Å². The SMILES string of the molecule is c1ccc(-c2cc3ccccc3c3c2c2cc(-c4ccc5c(c4)c4ccccc4n5-c4ccccc4)ccc2n3-c2ccc3c(c2)oc2ccccc23)cc1. The fourth-order valence-corrected chi connectivity index (χ4v) is 9.04. The molecular formula is C52H32N2O. The number of para-hydroxylation sites is 3. The first-order valence-electron chi connectivity index (χ1n) is 18.8. The summed E-state index contributed by atoms with van der Waals surface area (Å²) < 4.78 is 11.3. The molecule has 55 heavy (non-hydrogen) atoms. The second-order valence-corrected chi connectivity index (χ2v) is 14.5. The average Bonchev–Trinajstić information content (AvgIpc) is 3.91. The number of nitrogens with zero attached hydrogens (tertiary/aromatic N) is 2. The third-order valence-corrected chi connectivity index (χ3v) is 11.5. The van der Waals surface area contributed by atoms with Crippen molar-refractivity contribution < 1.29 is 4.42 Å². The number of hydrogen-bond donors (Lipinski definition) is 0. The minimum absolute atomic E-state index is 0.886. The van der Waals surface area contributed by atoms with Crippen LogP contribution in [0.1, 0.15) is 0 Å². The van der Waals surface area contributed by atoms with E-state index in [1.54, 1.807) is 0 Å². The van der Waals surface area contributed by atoms with Crippen molar-refractivity contribution in [2.24, 2.45) is 0 Å². The van der Waals surface area contributed by atoms with Gasteiger partial charge in [-0.2, -0.15) is 0 Å². The second-order valence-electron chi connectivity index (χ2n) is 14.5. The van der Waals surface area contributed by atoms with Crippen molar-refractivity contribution in [3.05, 3.63) is 194 Å². The molecule has 3 heteroatoms. The highest BCUT2D eigenvalue weighted by atomic mass is 16.3. The molecular weight excluding hydrogens is 669 g/mol. The summed E-state index contributed by atoms with van der Waals surface area (Å²) >= 11 is 0. The molecule has 0 radical (unpaired) electrons. The van der Waals surface area contributed by atoms with E-state index in [1.165, 1.54) is 71.1 Å². The summed E-state index contributed by atoms with van der Waals surface area (Å²) in [5.74, 6) is 0. The Hall–Kier alpha value is -7.36. The predicted octanol–water partition coefficient (Wildman–Crippen LogP) is 14.3. The van der Waals surface area contributed by atoms with E-state index in [4.69, 9.17) is 4.42 Å². The first-order valence-corrected chi connectivity index (χ1v) is 18.8. The van der Waals surface area contributed by atoms with Crippen LogP contribution in [0.25, 0.3) is 110 Å². The molecule has 0 fully saturated rings. The molecule has 0 N–H and O–H groups in total. The standard InChI is InChI=1S/C52H32N2O/c1-3-13-33(14-4-1)43-31-36-15-7-8-18-39(36)52-51(43)45-30-35(24-28-48(45)54(52)38-25-26-42-41-20-10-12-22-49(41)55-50(42)32-38)34-23-27-47-44(29-34)40-19-9-11-21-46(40)53(47)37-16-5-2-6-17-37/h1-32H. The molecule has 0 bridgehead atoms. The number of aromatic nitrogens is 2. The monoisotopic (exact) mass is 700 g/mol. The van der Waals surface area contributed by atoms with Gasteiger partial charge in [-0.3, -0.25) is 0 Å². The normalized spacial score (nSPS) is 12.0. The molecule has 0 aliphatic rings. The fourth-order valence-electron chi connectivity index (χ4n) is 9.04. The van der Waals surface area contributed by atoms with Crippen LogP contribution in [0.4, 0.5) is 0 Å². The van der Waals surface area contributed by atoms with E-state index in [0.29, 0.717) is 0 Å². The summed E-state index contributed by atoms with van der Waals surface area (Å²) in [4.78, 5) is 0. The van der Waals surface area contributed by atoms with E-state index in [9.17, 15) is 0 Å². The average molecular weight is 701 g/mol. The van der Waals surface area contributed by atoms with Crippen LogP contribution < -0.4 is 0 Å². The van der Waals surface area contributed by atoms with Crippen LogP contribution in [0.5, 0.6) is 0 Å². The predicted molar refractivity (Wildman–Crippen MR) is 231 cm³/mol. The molecule has 256 valence electrons. The Balaban J connectivity index is 1.16. The van der Waals surface area contributed by atoms with Gasteiger partial charge in [0.05, 0.1) is 22.1 Å². The first-order chi connectivity index (χ1) is 27.3. The third kappa shape index (κ3) is 4.44. The van der Waals surface area contributed by atoms with Crippen LogP contribution in [0.3, 0.4) is 0 Å². The zero-order valence-electron chi connectivity index (χ0n) is 29.8. The molecule has 0 saturated heterocycles. The summed E-state index contributed by atoms with van der Waals surface area (Å²) in [6, 6.07) is 70.3. The molecule has 0 saturated carbocycles. The van der Waals surface area contributed by atoms with Crippen molar-refractivity contribution in [1.29, 1.82) is 0 Å². The van der Waals surface area contributed by atoms with Gasteiger partial charge in [0, 0.05) is 55.1 Å². The molecule has 3 nitrogen and oxygen atoms in total. The van der Waals surface area contributed by atoms with Crippen molar-refractivity contribution >= 4 is 76.3 Å². The molecule has 3 aromatic heterocycles. The van der Waals surface area contributed by atoms with Crippen molar-refractivity contribution in [2.75, 3.05) is 0 Å². The van der Waals surface area contributed by atoms with Gasteiger partial charge in [-0.05, 0) is 94.4 Å². The lowest BCUT2D eigenvalue weighted by Gasteiger charge is -2.12. The number of furan rings is 1. The van der Waals surface area contributed by atoms with Gasteiger partial charge in [-0.25, -0.2) is 0 Å². The quantitative estimate of drug-likeness (QED) is 0.179. The number of benzene rings is 9. The molecule has 0 atom stereocenters. The summed E-state index contributed by atoms with van der Waals surface area (Å²) in [5, 5.41) is 9.65. The molecule has 0 spiro atoms. The van der Waals surface area contributed by atoms with Gasteiger partial charge in [0.1, 0.15) is 11.2 Å². The van der Waals surface area contributed by atoms with E-state index in [1.807, 2.05) is 12.1 Å². The van der Waals surface area contributed by atoms with Crippen molar-refractivity contribution in [2.45, 2.75) is 0 Å². The van der Waals surface area contributed by atoms with E-state index in [0.717, 1.165) is 38.8 Å². The maximum Gasteiger partial charge on any atom is 0.137 e. The van der Waals surface area contributed by atoms with Crippen molar-refractivity contribution in [3.63, 3.8) is 0 Å². The van der Waals surface area contributed by atoms with Gasteiger partial charge in [0.25, 0.3) is 0 Å². The lowest BCUT2D eigenvalue weighted by molar-refractivity contribution is 0.668. The van der Waals surface area contributed by atoms with Crippen LogP contribution in [-0.2, 0) is 0 Å². The highest BCUT2D eigenvalue weighted by Crippen LogP contribution is 2.45. The Kier molecular flexibility index (Phi) is 6.34. The van der Waals surface area contributed by atoms with E-state index < -0.39 is 0 Å².